The van der Waals surface area contributed by atoms with Gasteiger partial charge in [0, 0.05) is 5.02 Å². The first-order chi connectivity index (χ1) is 12.6. The van der Waals surface area contributed by atoms with Gasteiger partial charge in [-0.3, -0.25) is 4.79 Å². The highest BCUT2D eigenvalue weighted by atomic mass is 35.5. The summed E-state index contributed by atoms with van der Waals surface area (Å²) in [5, 5.41) is 3.93. The van der Waals surface area contributed by atoms with Gasteiger partial charge in [0.1, 0.15) is 0 Å². The Labute approximate surface area is 161 Å². The van der Waals surface area contributed by atoms with Gasteiger partial charge in [-0.05, 0) is 66.7 Å². The number of benzene rings is 2. The minimum atomic E-state index is -0.185. The summed E-state index contributed by atoms with van der Waals surface area (Å²) in [6, 6.07) is 12.6. The maximum Gasteiger partial charge on any atom is 0.264 e. The summed E-state index contributed by atoms with van der Waals surface area (Å²) in [6.07, 6.45) is 1.79. The number of amidine groups is 1. The summed E-state index contributed by atoms with van der Waals surface area (Å²) in [5.41, 5.74) is 1.57. The van der Waals surface area contributed by atoms with Crippen LogP contribution >= 0.6 is 23.4 Å². The number of hydrogen-bond donors (Lipinski definition) is 1. The van der Waals surface area contributed by atoms with E-state index >= 15 is 0 Å². The lowest BCUT2D eigenvalue weighted by Gasteiger charge is -2.09. The summed E-state index contributed by atoms with van der Waals surface area (Å²) < 4.78 is 10.9. The fourth-order valence-corrected chi connectivity index (χ4v) is 3.28. The van der Waals surface area contributed by atoms with Crippen molar-refractivity contribution in [2.24, 2.45) is 4.99 Å². The Bertz CT molecular complexity index is 879. The minimum absolute atomic E-state index is 0.185. The van der Waals surface area contributed by atoms with Crippen LogP contribution in [-0.2, 0) is 4.79 Å². The third-order valence-corrected chi connectivity index (χ3v) is 4.66. The van der Waals surface area contributed by atoms with Crippen LogP contribution in [0.2, 0.25) is 5.02 Å². The van der Waals surface area contributed by atoms with E-state index in [1.807, 2.05) is 25.1 Å². The number of thioether (sulfide) groups is 1. The number of carbonyl (C=O) groups excluding carboxylic acids is 1. The molecule has 26 heavy (non-hydrogen) atoms. The zero-order valence-electron chi connectivity index (χ0n) is 14.3. The topological polar surface area (TPSA) is 59.9 Å². The fourth-order valence-electron chi connectivity index (χ4n) is 2.31. The molecule has 0 bridgehead atoms. The van der Waals surface area contributed by atoms with Crippen LogP contribution in [0.15, 0.2) is 52.4 Å². The predicted octanol–water partition coefficient (Wildman–Crippen LogP) is 4.64. The fraction of sp³-hybridized carbons (Fsp3) is 0.158. The molecule has 0 radical (unpaired) electrons. The lowest BCUT2D eigenvalue weighted by molar-refractivity contribution is -0.115. The molecular formula is C19H17ClN2O3S. The second-order valence-electron chi connectivity index (χ2n) is 5.30. The number of methoxy groups -OCH3 is 1. The van der Waals surface area contributed by atoms with Crippen molar-refractivity contribution in [3.05, 3.63) is 58.0 Å². The van der Waals surface area contributed by atoms with Crippen LogP contribution in [-0.4, -0.2) is 24.8 Å². The zero-order chi connectivity index (χ0) is 18.5. The average molecular weight is 389 g/mol. The average Bonchev–Trinajstić information content (AvgIpc) is 2.97. The van der Waals surface area contributed by atoms with Crippen molar-refractivity contribution >= 4 is 46.2 Å². The Balaban J connectivity index is 1.81. The molecule has 1 fully saturated rings. The van der Waals surface area contributed by atoms with Gasteiger partial charge in [-0.25, -0.2) is 4.99 Å². The van der Waals surface area contributed by atoms with E-state index in [9.17, 15) is 4.79 Å². The van der Waals surface area contributed by atoms with Gasteiger partial charge in [0.25, 0.3) is 5.91 Å². The van der Waals surface area contributed by atoms with Gasteiger partial charge in [-0.1, -0.05) is 17.7 Å². The van der Waals surface area contributed by atoms with Gasteiger partial charge in [0.15, 0.2) is 16.7 Å². The Morgan fingerprint density at radius 2 is 1.96 bits per heavy atom. The number of nitrogens with one attached hydrogen (secondary N) is 1. The van der Waals surface area contributed by atoms with Crippen molar-refractivity contribution in [3.63, 3.8) is 0 Å². The summed E-state index contributed by atoms with van der Waals surface area (Å²) >= 11 is 7.15. The molecule has 2 aromatic carbocycles. The number of rotatable bonds is 5. The highest BCUT2D eigenvalue weighted by Gasteiger charge is 2.24. The predicted molar refractivity (Wildman–Crippen MR) is 106 cm³/mol. The Hall–Kier alpha value is -2.44. The van der Waals surface area contributed by atoms with Crippen molar-refractivity contribution < 1.29 is 14.3 Å². The second kappa shape index (κ2) is 8.29. The van der Waals surface area contributed by atoms with Gasteiger partial charge in [-0.2, -0.15) is 0 Å². The Morgan fingerprint density at radius 1 is 1.19 bits per heavy atom. The number of hydrogen-bond acceptors (Lipinski definition) is 5. The summed E-state index contributed by atoms with van der Waals surface area (Å²) in [4.78, 5) is 17.2. The van der Waals surface area contributed by atoms with E-state index < -0.39 is 0 Å². The van der Waals surface area contributed by atoms with Crippen LogP contribution < -0.4 is 14.8 Å². The van der Waals surface area contributed by atoms with Gasteiger partial charge in [-0.15, -0.1) is 0 Å². The molecule has 7 heteroatoms. The normalized spacial score (nSPS) is 16.8. The van der Waals surface area contributed by atoms with Gasteiger partial charge >= 0.3 is 0 Å². The van der Waals surface area contributed by atoms with E-state index in [0.717, 1.165) is 11.3 Å². The molecule has 1 heterocycles. The molecule has 1 aliphatic heterocycles. The lowest BCUT2D eigenvalue weighted by Crippen LogP contribution is -2.19. The molecule has 1 amide bonds. The van der Waals surface area contributed by atoms with Gasteiger partial charge < -0.3 is 14.8 Å². The van der Waals surface area contributed by atoms with Crippen LogP contribution in [0.25, 0.3) is 6.08 Å². The smallest absolute Gasteiger partial charge is 0.264 e. The summed E-state index contributed by atoms with van der Waals surface area (Å²) in [7, 11) is 1.59. The highest BCUT2D eigenvalue weighted by Crippen LogP contribution is 2.32. The Morgan fingerprint density at radius 3 is 2.65 bits per heavy atom. The van der Waals surface area contributed by atoms with Crippen LogP contribution in [0.3, 0.4) is 0 Å². The molecule has 0 spiro atoms. The number of amides is 1. The summed E-state index contributed by atoms with van der Waals surface area (Å²) in [6.45, 7) is 2.47. The third kappa shape index (κ3) is 4.39. The molecule has 1 N–H and O–H groups in total. The van der Waals surface area contributed by atoms with E-state index in [-0.39, 0.29) is 5.91 Å². The van der Waals surface area contributed by atoms with Crippen LogP contribution in [0, 0.1) is 0 Å². The molecule has 0 atom stereocenters. The summed E-state index contributed by atoms with van der Waals surface area (Å²) in [5.74, 6) is 1.11. The number of carbonyl (C=O) groups is 1. The molecule has 0 saturated carbocycles. The Kier molecular flexibility index (Phi) is 5.85. The molecule has 1 saturated heterocycles. The molecule has 0 unspecified atom stereocenters. The van der Waals surface area contributed by atoms with Crippen molar-refractivity contribution in [1.82, 2.24) is 5.32 Å². The van der Waals surface area contributed by atoms with Crippen LogP contribution in [0.5, 0.6) is 11.5 Å². The number of halogens is 1. The minimum Gasteiger partial charge on any atom is -0.493 e. The molecule has 0 aliphatic carbocycles. The van der Waals surface area contributed by atoms with Gasteiger partial charge in [0.05, 0.1) is 24.3 Å². The lowest BCUT2D eigenvalue weighted by atomic mass is 10.2. The molecule has 3 rings (SSSR count). The first-order valence-corrected chi connectivity index (χ1v) is 9.14. The number of ether oxygens (including phenoxy) is 2. The quantitative estimate of drug-likeness (QED) is 0.758. The maximum atomic E-state index is 12.2. The largest absolute Gasteiger partial charge is 0.493 e. The van der Waals surface area contributed by atoms with Crippen LogP contribution in [0.1, 0.15) is 12.5 Å². The monoisotopic (exact) mass is 388 g/mol. The molecule has 2 aromatic rings. The van der Waals surface area contributed by atoms with Crippen molar-refractivity contribution in [1.29, 1.82) is 0 Å². The number of nitrogens with zero attached hydrogens (tertiary/aromatic N) is 1. The van der Waals surface area contributed by atoms with E-state index in [4.69, 9.17) is 21.1 Å². The van der Waals surface area contributed by atoms with E-state index in [0.29, 0.717) is 33.2 Å². The van der Waals surface area contributed by atoms with E-state index in [1.165, 1.54) is 11.8 Å². The first-order valence-electron chi connectivity index (χ1n) is 7.95. The van der Waals surface area contributed by atoms with Crippen molar-refractivity contribution in [2.45, 2.75) is 6.92 Å². The van der Waals surface area contributed by atoms with E-state index in [2.05, 4.69) is 10.3 Å². The maximum absolute atomic E-state index is 12.2. The van der Waals surface area contributed by atoms with Crippen molar-refractivity contribution in [2.75, 3.05) is 13.7 Å². The first kappa shape index (κ1) is 18.4. The molecular weight excluding hydrogens is 372 g/mol. The number of aliphatic imine (C=N–C) groups is 1. The van der Waals surface area contributed by atoms with E-state index in [1.54, 1.807) is 37.5 Å². The third-order valence-electron chi connectivity index (χ3n) is 3.49. The highest BCUT2D eigenvalue weighted by molar-refractivity contribution is 8.18. The molecule has 134 valence electrons. The zero-order valence-corrected chi connectivity index (χ0v) is 15.9. The molecule has 1 aliphatic rings. The van der Waals surface area contributed by atoms with Gasteiger partial charge in [0.2, 0.25) is 0 Å². The molecule has 0 aromatic heterocycles. The standard InChI is InChI=1S/C19H17ClN2O3S/c1-3-25-15-9-4-12(10-16(15)24-2)11-17-18(23)22-19(26-17)21-14-7-5-13(20)6-8-14/h4-11H,3H2,1-2H3,(H,21,22,23)/b17-11+. The SMILES string of the molecule is CCOc1ccc(/C=C2/SC(=Nc3ccc(Cl)cc3)NC2=O)cc1OC. The second-order valence-corrected chi connectivity index (χ2v) is 6.77. The van der Waals surface area contributed by atoms with Crippen LogP contribution in [0.4, 0.5) is 5.69 Å². The van der Waals surface area contributed by atoms with Crippen molar-refractivity contribution in [3.8, 4) is 11.5 Å². The molecule has 5 nitrogen and oxygen atoms in total.